The molecule has 2 saturated heterocycles. The number of halogens is 1. The summed E-state index contributed by atoms with van der Waals surface area (Å²) < 4.78 is 18.2. The van der Waals surface area contributed by atoms with E-state index >= 15 is 0 Å². The van der Waals surface area contributed by atoms with Crippen LogP contribution in [0.25, 0.3) is 0 Å². The lowest BCUT2D eigenvalue weighted by Crippen LogP contribution is -2.52. The second-order valence-corrected chi connectivity index (χ2v) is 6.78. The van der Waals surface area contributed by atoms with Gasteiger partial charge in [-0.25, -0.2) is 4.39 Å². The number of ether oxygens (including phenoxy) is 1. The SMILES string of the molecule is O=C(NCC(=O)N1CCN(c2ccc(F)cc2)CC1)C(=O)C1CCOCC1. The molecule has 146 valence electrons. The molecule has 0 atom stereocenters. The summed E-state index contributed by atoms with van der Waals surface area (Å²) in [7, 11) is 0. The Kier molecular flexibility index (Phi) is 6.39. The van der Waals surface area contributed by atoms with Crippen molar-refractivity contribution in [2.75, 3.05) is 50.8 Å². The molecule has 3 rings (SSSR count). The predicted molar refractivity (Wildman–Crippen MR) is 96.8 cm³/mol. The molecule has 2 aliphatic rings. The topological polar surface area (TPSA) is 79.0 Å². The lowest BCUT2D eigenvalue weighted by Gasteiger charge is -2.36. The Morgan fingerprint density at radius 1 is 1.04 bits per heavy atom. The van der Waals surface area contributed by atoms with E-state index in [2.05, 4.69) is 10.2 Å². The van der Waals surface area contributed by atoms with E-state index in [1.165, 1.54) is 12.1 Å². The van der Waals surface area contributed by atoms with Crippen molar-refractivity contribution in [2.24, 2.45) is 5.92 Å². The molecule has 7 nitrogen and oxygen atoms in total. The van der Waals surface area contributed by atoms with Crippen LogP contribution in [0.15, 0.2) is 24.3 Å². The average molecular weight is 377 g/mol. The van der Waals surface area contributed by atoms with Crippen molar-refractivity contribution in [1.29, 1.82) is 0 Å². The van der Waals surface area contributed by atoms with Gasteiger partial charge in [0.1, 0.15) is 5.82 Å². The molecule has 2 amide bonds. The zero-order valence-corrected chi connectivity index (χ0v) is 15.2. The van der Waals surface area contributed by atoms with Gasteiger partial charge >= 0.3 is 0 Å². The van der Waals surface area contributed by atoms with E-state index in [1.807, 2.05) is 0 Å². The number of benzene rings is 1. The molecule has 27 heavy (non-hydrogen) atoms. The van der Waals surface area contributed by atoms with Crippen LogP contribution in [0.4, 0.5) is 10.1 Å². The molecular formula is C19H24FN3O4. The van der Waals surface area contributed by atoms with Gasteiger partial charge in [-0.05, 0) is 37.1 Å². The highest BCUT2D eigenvalue weighted by Crippen LogP contribution is 2.17. The van der Waals surface area contributed by atoms with E-state index in [0.717, 1.165) is 5.69 Å². The molecule has 0 radical (unpaired) electrons. The van der Waals surface area contributed by atoms with Gasteiger partial charge in [-0.1, -0.05) is 0 Å². The normalized spacial score (nSPS) is 18.3. The molecule has 1 N–H and O–H groups in total. The minimum atomic E-state index is -0.694. The van der Waals surface area contributed by atoms with Crippen LogP contribution in [0.3, 0.4) is 0 Å². The van der Waals surface area contributed by atoms with Gasteiger partial charge in [-0.2, -0.15) is 0 Å². The Morgan fingerprint density at radius 3 is 2.30 bits per heavy atom. The monoisotopic (exact) mass is 377 g/mol. The molecule has 0 bridgehead atoms. The van der Waals surface area contributed by atoms with Crippen LogP contribution in [0, 0.1) is 11.7 Å². The van der Waals surface area contributed by atoms with Crippen LogP contribution >= 0.6 is 0 Å². The highest BCUT2D eigenvalue weighted by Gasteiger charge is 2.28. The molecule has 1 aromatic carbocycles. The molecular weight excluding hydrogens is 353 g/mol. The summed E-state index contributed by atoms with van der Waals surface area (Å²) >= 11 is 0. The number of carbonyl (C=O) groups is 3. The minimum Gasteiger partial charge on any atom is -0.381 e. The Balaban J connectivity index is 1.42. The van der Waals surface area contributed by atoms with Gasteiger partial charge < -0.3 is 19.9 Å². The van der Waals surface area contributed by atoms with Crippen molar-refractivity contribution >= 4 is 23.3 Å². The smallest absolute Gasteiger partial charge is 0.288 e. The summed E-state index contributed by atoms with van der Waals surface area (Å²) in [5, 5.41) is 2.45. The zero-order chi connectivity index (χ0) is 19.2. The van der Waals surface area contributed by atoms with Gasteiger partial charge in [0.25, 0.3) is 5.91 Å². The number of amides is 2. The van der Waals surface area contributed by atoms with Crippen LogP contribution < -0.4 is 10.2 Å². The molecule has 2 heterocycles. The van der Waals surface area contributed by atoms with Crippen molar-refractivity contribution in [3.05, 3.63) is 30.1 Å². The van der Waals surface area contributed by atoms with Crippen LogP contribution in [-0.4, -0.2) is 68.4 Å². The number of hydrogen-bond donors (Lipinski definition) is 1. The molecule has 0 spiro atoms. The number of anilines is 1. The molecule has 2 fully saturated rings. The number of piperazine rings is 1. The number of nitrogens with zero attached hydrogens (tertiary/aromatic N) is 2. The number of hydrogen-bond acceptors (Lipinski definition) is 5. The largest absolute Gasteiger partial charge is 0.381 e. The first-order valence-electron chi connectivity index (χ1n) is 9.22. The molecule has 0 saturated carbocycles. The van der Waals surface area contributed by atoms with E-state index in [4.69, 9.17) is 4.74 Å². The van der Waals surface area contributed by atoms with Gasteiger partial charge in [0.05, 0.1) is 6.54 Å². The summed E-state index contributed by atoms with van der Waals surface area (Å²) in [6.07, 6.45) is 1.09. The van der Waals surface area contributed by atoms with E-state index < -0.39 is 11.7 Å². The third-order valence-corrected chi connectivity index (χ3v) is 5.04. The van der Waals surface area contributed by atoms with Gasteiger partial charge in [0, 0.05) is 51.0 Å². The Hall–Kier alpha value is -2.48. The van der Waals surface area contributed by atoms with Crippen molar-refractivity contribution in [2.45, 2.75) is 12.8 Å². The molecule has 8 heteroatoms. The van der Waals surface area contributed by atoms with Crippen molar-refractivity contribution < 1.29 is 23.5 Å². The first-order valence-corrected chi connectivity index (χ1v) is 9.22. The molecule has 2 aliphatic heterocycles. The summed E-state index contributed by atoms with van der Waals surface area (Å²) in [5.41, 5.74) is 0.916. The maximum absolute atomic E-state index is 13.0. The van der Waals surface area contributed by atoms with Gasteiger partial charge in [0.15, 0.2) is 0 Å². The molecule has 1 aromatic rings. The maximum Gasteiger partial charge on any atom is 0.288 e. The number of ketones is 1. The highest BCUT2D eigenvalue weighted by molar-refractivity contribution is 6.37. The molecule has 0 aromatic heterocycles. The number of Topliss-reactive ketones (excluding diaryl/α,β-unsaturated/α-hetero) is 1. The Labute approximate surface area is 157 Å². The fraction of sp³-hybridized carbons (Fsp3) is 0.526. The second-order valence-electron chi connectivity index (χ2n) is 6.78. The van der Waals surface area contributed by atoms with Gasteiger partial charge in [-0.15, -0.1) is 0 Å². The molecule has 0 unspecified atom stereocenters. The van der Waals surface area contributed by atoms with E-state index in [1.54, 1.807) is 17.0 Å². The lowest BCUT2D eigenvalue weighted by molar-refractivity contribution is -0.143. The van der Waals surface area contributed by atoms with Crippen molar-refractivity contribution in [1.82, 2.24) is 10.2 Å². The third kappa shape index (κ3) is 5.03. The fourth-order valence-corrected chi connectivity index (χ4v) is 3.37. The Morgan fingerprint density at radius 2 is 1.67 bits per heavy atom. The van der Waals surface area contributed by atoms with Gasteiger partial charge in [-0.3, -0.25) is 14.4 Å². The fourth-order valence-electron chi connectivity index (χ4n) is 3.37. The Bertz CT molecular complexity index is 681. The van der Waals surface area contributed by atoms with E-state index in [-0.39, 0.29) is 24.2 Å². The summed E-state index contributed by atoms with van der Waals surface area (Å²) in [4.78, 5) is 40.1. The second kappa shape index (κ2) is 8.94. The average Bonchev–Trinajstić information content (AvgIpc) is 2.72. The quantitative estimate of drug-likeness (QED) is 0.760. The molecule has 0 aliphatic carbocycles. The van der Waals surface area contributed by atoms with Crippen LogP contribution in [0.2, 0.25) is 0 Å². The van der Waals surface area contributed by atoms with E-state index in [0.29, 0.717) is 52.2 Å². The summed E-state index contributed by atoms with van der Waals surface area (Å²) in [5.74, 6) is -1.96. The first-order chi connectivity index (χ1) is 13.0. The number of nitrogens with one attached hydrogen (secondary N) is 1. The van der Waals surface area contributed by atoms with Gasteiger partial charge in [0.2, 0.25) is 11.7 Å². The van der Waals surface area contributed by atoms with Crippen LogP contribution in [0.5, 0.6) is 0 Å². The maximum atomic E-state index is 13.0. The predicted octanol–water partition coefficient (Wildman–Crippen LogP) is 0.586. The number of rotatable bonds is 5. The van der Waals surface area contributed by atoms with Crippen molar-refractivity contribution in [3.63, 3.8) is 0 Å². The summed E-state index contributed by atoms with van der Waals surface area (Å²) in [6.45, 7) is 3.09. The summed E-state index contributed by atoms with van der Waals surface area (Å²) in [6, 6.07) is 6.26. The minimum absolute atomic E-state index is 0.176. The van der Waals surface area contributed by atoms with Crippen LogP contribution in [-0.2, 0) is 19.1 Å². The van der Waals surface area contributed by atoms with E-state index in [9.17, 15) is 18.8 Å². The van der Waals surface area contributed by atoms with Crippen molar-refractivity contribution in [3.8, 4) is 0 Å². The first kappa shape index (κ1) is 19.3. The lowest BCUT2D eigenvalue weighted by atomic mass is 9.95. The number of carbonyl (C=O) groups excluding carboxylic acids is 3. The third-order valence-electron chi connectivity index (χ3n) is 5.04. The highest BCUT2D eigenvalue weighted by atomic mass is 19.1. The zero-order valence-electron chi connectivity index (χ0n) is 15.2. The standard InChI is InChI=1S/C19H24FN3O4/c20-15-1-3-16(4-2-15)22-7-9-23(10-8-22)17(24)13-21-19(26)18(25)14-5-11-27-12-6-14/h1-4,14H,5-13H2,(H,21,26). The van der Waals surface area contributed by atoms with Crippen LogP contribution in [0.1, 0.15) is 12.8 Å².